The van der Waals surface area contributed by atoms with E-state index in [4.69, 9.17) is 15.5 Å². The Bertz CT molecular complexity index is 1420. The maximum atomic E-state index is 13.2. The van der Waals surface area contributed by atoms with E-state index in [0.29, 0.717) is 12.8 Å². The number of non-ortho nitro benzene ring substituents is 1. The van der Waals surface area contributed by atoms with Gasteiger partial charge in [0.2, 0.25) is 23.6 Å². The number of carboxylic acid groups (broad SMARTS) is 1. The summed E-state index contributed by atoms with van der Waals surface area (Å²) in [6.07, 6.45) is 0.246. The van der Waals surface area contributed by atoms with Gasteiger partial charge in [0.05, 0.1) is 18.0 Å². The Labute approximate surface area is 262 Å². The lowest BCUT2D eigenvalue weighted by Crippen LogP contribution is -2.55. The van der Waals surface area contributed by atoms with Crippen LogP contribution in [0.3, 0.4) is 0 Å². The van der Waals surface area contributed by atoms with Crippen molar-refractivity contribution in [3.63, 3.8) is 0 Å². The highest BCUT2D eigenvalue weighted by Gasteiger charge is 2.31. The number of carboxylic acids is 1. The number of amides is 4. The van der Waals surface area contributed by atoms with Crippen molar-refractivity contribution in [3.05, 3.63) is 70.3 Å². The van der Waals surface area contributed by atoms with E-state index >= 15 is 0 Å². The highest BCUT2D eigenvalue weighted by Crippen LogP contribution is 2.35. The molecule has 0 saturated heterocycles. The summed E-state index contributed by atoms with van der Waals surface area (Å²) in [5.41, 5.74) is 6.42. The molecule has 0 radical (unpaired) electrons. The van der Waals surface area contributed by atoms with Gasteiger partial charge in [-0.05, 0) is 43.5 Å². The number of hydrogen-bond acceptors (Lipinski definition) is 10. The summed E-state index contributed by atoms with van der Waals surface area (Å²) >= 11 is 0. The van der Waals surface area contributed by atoms with Crippen molar-refractivity contribution in [2.45, 2.75) is 50.2 Å². The summed E-state index contributed by atoms with van der Waals surface area (Å²) in [5, 5.41) is 29.5. The maximum Gasteiger partial charge on any atom is 0.469 e. The number of nitrogens with one attached hydrogen (secondary N) is 4. The van der Waals surface area contributed by atoms with Crippen LogP contribution in [0.25, 0.3) is 0 Å². The molecule has 46 heavy (non-hydrogen) atoms. The number of carbonyl (C=O) groups is 5. The van der Waals surface area contributed by atoms with Crippen LogP contribution in [0, 0.1) is 10.1 Å². The lowest BCUT2D eigenvalue weighted by Gasteiger charge is -2.23. The van der Waals surface area contributed by atoms with Gasteiger partial charge in [0.1, 0.15) is 12.1 Å². The van der Waals surface area contributed by atoms with E-state index in [0.717, 1.165) is 17.7 Å². The minimum absolute atomic E-state index is 0.0393. The number of carbonyl (C=O) groups excluding carboxylic acids is 4. The van der Waals surface area contributed by atoms with E-state index in [2.05, 4.69) is 20.5 Å². The number of hydrogen-bond donors (Lipinski definition) is 8. The molecule has 2 aromatic carbocycles. The number of aliphatic carboxylic acids is 1. The SMILES string of the molecule is NCC[C@H](NC(=O)CCCc1ccccc1)C(=O)N[C@@H](CC(=O)N[C@@H](COP(=O)(O)O)C(=O)O)C(=O)Nc1ccc([N+](=O)[O-])cc1. The Morgan fingerprint density at radius 1 is 0.891 bits per heavy atom. The van der Waals surface area contributed by atoms with Crippen LogP contribution >= 0.6 is 7.82 Å². The smallest absolute Gasteiger partial charge is 0.469 e. The number of anilines is 1. The predicted octanol–water partition coefficient (Wildman–Crippen LogP) is -0.0566. The molecule has 250 valence electrons. The van der Waals surface area contributed by atoms with Gasteiger partial charge in [-0.3, -0.25) is 33.8 Å². The zero-order valence-corrected chi connectivity index (χ0v) is 25.3. The van der Waals surface area contributed by atoms with E-state index in [1.165, 1.54) is 12.1 Å². The highest BCUT2D eigenvalue weighted by atomic mass is 31.2. The van der Waals surface area contributed by atoms with E-state index in [1.807, 2.05) is 35.6 Å². The molecular weight excluding hydrogens is 631 g/mol. The van der Waals surface area contributed by atoms with Crippen LogP contribution < -0.4 is 27.0 Å². The number of rotatable bonds is 19. The summed E-state index contributed by atoms with van der Waals surface area (Å²) in [6.45, 7) is -1.16. The predicted molar refractivity (Wildman–Crippen MR) is 161 cm³/mol. The van der Waals surface area contributed by atoms with Gasteiger partial charge in [0.15, 0.2) is 6.04 Å². The first-order valence-corrected chi connectivity index (χ1v) is 15.3. The zero-order chi connectivity index (χ0) is 34.3. The van der Waals surface area contributed by atoms with Gasteiger partial charge in [-0.1, -0.05) is 30.3 Å². The highest BCUT2D eigenvalue weighted by molar-refractivity contribution is 7.46. The lowest BCUT2D eigenvalue weighted by molar-refractivity contribution is -0.384. The van der Waals surface area contributed by atoms with Crippen LogP contribution in [-0.4, -0.2) is 80.7 Å². The van der Waals surface area contributed by atoms with Crippen LogP contribution in [0.15, 0.2) is 54.6 Å². The van der Waals surface area contributed by atoms with Crippen molar-refractivity contribution >= 4 is 48.8 Å². The van der Waals surface area contributed by atoms with Crippen molar-refractivity contribution in [1.82, 2.24) is 16.0 Å². The number of nitro benzene ring substituents is 1. The van der Waals surface area contributed by atoms with E-state index in [9.17, 15) is 43.8 Å². The number of aryl methyl sites for hydroxylation is 1. The Morgan fingerprint density at radius 3 is 2.09 bits per heavy atom. The van der Waals surface area contributed by atoms with Gasteiger partial charge >= 0.3 is 13.8 Å². The molecule has 0 aromatic heterocycles. The monoisotopic (exact) mass is 666 g/mol. The molecule has 19 heteroatoms. The Hall–Kier alpha value is -4.74. The van der Waals surface area contributed by atoms with Crippen LogP contribution in [-0.2, 0) is 39.5 Å². The normalized spacial score (nSPS) is 13.0. The number of phosphoric acid groups is 1. The Morgan fingerprint density at radius 2 is 1.52 bits per heavy atom. The van der Waals surface area contributed by atoms with Gasteiger partial charge in [-0.15, -0.1) is 0 Å². The molecule has 0 saturated carbocycles. The summed E-state index contributed by atoms with van der Waals surface area (Å²) in [7, 11) is -5.09. The first-order chi connectivity index (χ1) is 21.7. The molecule has 3 atom stereocenters. The Balaban J connectivity index is 2.16. The van der Waals surface area contributed by atoms with E-state index < -0.39 is 73.5 Å². The molecular formula is C27H35N6O12P. The molecule has 0 fully saturated rings. The number of benzene rings is 2. The number of nitrogens with two attached hydrogens (primary N) is 1. The fourth-order valence-electron chi connectivity index (χ4n) is 3.96. The Kier molecular flexibility index (Phi) is 14.9. The number of nitro groups is 1. The molecule has 0 aliphatic carbocycles. The van der Waals surface area contributed by atoms with Gasteiger partial charge < -0.3 is 41.9 Å². The second-order valence-corrected chi connectivity index (χ2v) is 11.1. The molecule has 18 nitrogen and oxygen atoms in total. The summed E-state index contributed by atoms with van der Waals surface area (Å²) < 4.78 is 15.1. The van der Waals surface area contributed by atoms with Crippen molar-refractivity contribution in [2.75, 3.05) is 18.5 Å². The number of phosphoric ester groups is 1. The molecule has 2 aromatic rings. The maximum absolute atomic E-state index is 13.2. The fourth-order valence-corrected chi connectivity index (χ4v) is 4.31. The average Bonchev–Trinajstić information content (AvgIpc) is 2.98. The summed E-state index contributed by atoms with van der Waals surface area (Å²) in [6, 6.07) is 9.16. The molecule has 0 unspecified atom stereocenters. The van der Waals surface area contributed by atoms with Crippen LogP contribution in [0.1, 0.15) is 31.2 Å². The largest absolute Gasteiger partial charge is 0.480 e. The van der Waals surface area contributed by atoms with E-state index in [-0.39, 0.29) is 30.8 Å². The van der Waals surface area contributed by atoms with Crippen molar-refractivity contribution in [1.29, 1.82) is 0 Å². The third-order valence-electron chi connectivity index (χ3n) is 6.23. The van der Waals surface area contributed by atoms with Gasteiger partial charge in [-0.25, -0.2) is 9.36 Å². The van der Waals surface area contributed by atoms with Crippen molar-refractivity contribution in [2.24, 2.45) is 5.73 Å². The fraction of sp³-hybridized carbons (Fsp3) is 0.370. The minimum atomic E-state index is -5.09. The zero-order valence-electron chi connectivity index (χ0n) is 24.4. The summed E-state index contributed by atoms with van der Waals surface area (Å²) in [5.74, 6) is -5.19. The quantitative estimate of drug-likeness (QED) is 0.0555. The molecule has 0 spiro atoms. The molecule has 0 heterocycles. The molecule has 0 bridgehead atoms. The van der Waals surface area contributed by atoms with Crippen molar-refractivity contribution < 1.29 is 52.9 Å². The molecule has 0 aliphatic heterocycles. The lowest BCUT2D eigenvalue weighted by atomic mass is 10.1. The molecule has 4 amide bonds. The van der Waals surface area contributed by atoms with E-state index in [1.54, 1.807) is 0 Å². The third-order valence-corrected chi connectivity index (χ3v) is 6.72. The first-order valence-electron chi connectivity index (χ1n) is 13.8. The van der Waals surface area contributed by atoms with Crippen LogP contribution in [0.2, 0.25) is 0 Å². The van der Waals surface area contributed by atoms with Crippen molar-refractivity contribution in [3.8, 4) is 0 Å². The average molecular weight is 667 g/mol. The first kappa shape index (κ1) is 37.4. The van der Waals surface area contributed by atoms with Gasteiger partial charge in [0, 0.05) is 24.2 Å². The minimum Gasteiger partial charge on any atom is -0.480 e. The topological polar surface area (TPSA) is 290 Å². The van der Waals surface area contributed by atoms with Crippen LogP contribution in [0.4, 0.5) is 11.4 Å². The van der Waals surface area contributed by atoms with Crippen LogP contribution in [0.5, 0.6) is 0 Å². The summed E-state index contributed by atoms with van der Waals surface area (Å²) in [4.78, 5) is 91.2. The second kappa shape index (κ2) is 18.3. The second-order valence-electron chi connectivity index (χ2n) is 9.84. The third kappa shape index (κ3) is 13.9. The molecule has 2 rings (SSSR count). The standard InChI is InChI=1S/C27H35N6O12P/c28-14-13-20(30-23(34)8-4-7-17-5-2-1-3-6-17)25(36)32-21(26(37)29-18-9-11-19(12-10-18)33(40)41)15-24(35)31-22(27(38)39)16-45-46(42,43)44/h1-3,5-6,9-12,20-22H,4,7-8,13-16,28H2,(H,29,37)(H,30,34)(H,31,35)(H,32,36)(H,38,39)(H2,42,43,44)/t20-,21-,22-/m0/s1. The van der Waals surface area contributed by atoms with Gasteiger partial charge in [0.25, 0.3) is 5.69 Å². The van der Waals surface area contributed by atoms with Gasteiger partial charge in [-0.2, -0.15) is 0 Å². The molecule has 0 aliphatic rings. The molecule has 9 N–H and O–H groups in total. The number of nitrogens with zero attached hydrogens (tertiary/aromatic N) is 1.